The maximum absolute atomic E-state index is 10.7. The van der Waals surface area contributed by atoms with Crippen molar-refractivity contribution in [2.45, 2.75) is 25.5 Å². The van der Waals surface area contributed by atoms with Crippen LogP contribution >= 0.6 is 11.8 Å². The van der Waals surface area contributed by atoms with E-state index in [-0.39, 0.29) is 5.69 Å². The van der Waals surface area contributed by atoms with Crippen LogP contribution < -0.4 is 0 Å². The quantitative estimate of drug-likeness (QED) is 0.756. The van der Waals surface area contributed by atoms with E-state index in [4.69, 9.17) is 5.11 Å². The maximum Gasteiger partial charge on any atom is 0.354 e. The van der Waals surface area contributed by atoms with Crippen molar-refractivity contribution in [1.29, 1.82) is 0 Å². The Balaban J connectivity index is 2.47. The standard InChI is InChI=1S/C11H15NO2S/c1-2-3-6-15-8-9-4-5-12-10(7-9)11(13)14/h4-5,7H,2-3,6,8H2,1H3,(H,13,14). The first-order valence-electron chi connectivity index (χ1n) is 5.00. The van der Waals surface area contributed by atoms with Crippen LogP contribution in [0.15, 0.2) is 18.3 Å². The summed E-state index contributed by atoms with van der Waals surface area (Å²) in [5.41, 5.74) is 1.16. The largest absolute Gasteiger partial charge is 0.477 e. The lowest BCUT2D eigenvalue weighted by Gasteiger charge is -2.01. The lowest BCUT2D eigenvalue weighted by atomic mass is 10.2. The zero-order valence-corrected chi connectivity index (χ0v) is 9.59. The summed E-state index contributed by atoms with van der Waals surface area (Å²) in [5, 5.41) is 8.75. The molecule has 0 unspecified atom stereocenters. The topological polar surface area (TPSA) is 50.2 Å². The second kappa shape index (κ2) is 6.45. The average molecular weight is 225 g/mol. The Bertz CT molecular complexity index is 328. The van der Waals surface area contributed by atoms with Gasteiger partial charge in [0.2, 0.25) is 0 Å². The summed E-state index contributed by atoms with van der Waals surface area (Å²) in [6.07, 6.45) is 3.96. The summed E-state index contributed by atoms with van der Waals surface area (Å²) in [7, 11) is 0. The smallest absolute Gasteiger partial charge is 0.354 e. The molecule has 82 valence electrons. The van der Waals surface area contributed by atoms with Crippen molar-refractivity contribution < 1.29 is 9.90 Å². The first-order valence-corrected chi connectivity index (χ1v) is 6.15. The van der Waals surface area contributed by atoms with Gasteiger partial charge in [-0.15, -0.1) is 0 Å². The van der Waals surface area contributed by atoms with Crippen molar-refractivity contribution in [3.05, 3.63) is 29.6 Å². The highest BCUT2D eigenvalue weighted by atomic mass is 32.2. The van der Waals surface area contributed by atoms with Crippen LogP contribution in [0.1, 0.15) is 35.8 Å². The van der Waals surface area contributed by atoms with Crippen LogP contribution in [-0.4, -0.2) is 21.8 Å². The zero-order valence-electron chi connectivity index (χ0n) is 8.77. The van der Waals surface area contributed by atoms with Crippen LogP contribution in [0, 0.1) is 0 Å². The lowest BCUT2D eigenvalue weighted by Crippen LogP contribution is -2.00. The molecule has 1 aromatic heterocycles. The second-order valence-corrected chi connectivity index (χ2v) is 4.37. The number of nitrogens with zero attached hydrogens (tertiary/aromatic N) is 1. The Morgan fingerprint density at radius 3 is 3.07 bits per heavy atom. The van der Waals surface area contributed by atoms with Crippen molar-refractivity contribution >= 4 is 17.7 Å². The highest BCUT2D eigenvalue weighted by molar-refractivity contribution is 7.98. The molecule has 0 saturated carbocycles. The van der Waals surface area contributed by atoms with Gasteiger partial charge in [0, 0.05) is 11.9 Å². The van der Waals surface area contributed by atoms with E-state index in [9.17, 15) is 4.79 Å². The number of aromatic nitrogens is 1. The number of thioether (sulfide) groups is 1. The Hall–Kier alpha value is -1.03. The molecule has 1 N–H and O–H groups in total. The minimum atomic E-state index is -0.963. The molecule has 1 rings (SSSR count). The fraction of sp³-hybridized carbons (Fsp3) is 0.455. The van der Waals surface area contributed by atoms with Crippen LogP contribution in [0.5, 0.6) is 0 Å². The molecule has 1 aromatic rings. The Morgan fingerprint density at radius 2 is 2.40 bits per heavy atom. The van der Waals surface area contributed by atoms with E-state index in [2.05, 4.69) is 11.9 Å². The van der Waals surface area contributed by atoms with Gasteiger partial charge in [-0.05, 0) is 29.9 Å². The molecule has 0 aliphatic carbocycles. The van der Waals surface area contributed by atoms with Crippen LogP contribution in [0.4, 0.5) is 0 Å². The van der Waals surface area contributed by atoms with E-state index in [1.165, 1.54) is 12.8 Å². The normalized spacial score (nSPS) is 10.2. The average Bonchev–Trinajstić information content (AvgIpc) is 2.25. The molecule has 0 aliphatic heterocycles. The van der Waals surface area contributed by atoms with Gasteiger partial charge in [0.1, 0.15) is 5.69 Å². The number of aromatic carboxylic acids is 1. The van der Waals surface area contributed by atoms with Crippen molar-refractivity contribution in [2.75, 3.05) is 5.75 Å². The summed E-state index contributed by atoms with van der Waals surface area (Å²) in [5.74, 6) is 1.03. The molecule has 0 amide bonds. The number of carboxylic acid groups (broad SMARTS) is 1. The summed E-state index contributed by atoms with van der Waals surface area (Å²) >= 11 is 1.83. The molecule has 3 nitrogen and oxygen atoms in total. The van der Waals surface area contributed by atoms with Gasteiger partial charge in [0.25, 0.3) is 0 Å². The molecule has 0 spiro atoms. The van der Waals surface area contributed by atoms with Crippen molar-refractivity contribution in [3.63, 3.8) is 0 Å². The van der Waals surface area contributed by atoms with E-state index in [0.29, 0.717) is 0 Å². The highest BCUT2D eigenvalue weighted by Gasteiger charge is 2.04. The van der Waals surface area contributed by atoms with E-state index in [0.717, 1.165) is 17.1 Å². The van der Waals surface area contributed by atoms with Crippen molar-refractivity contribution in [3.8, 4) is 0 Å². The van der Waals surface area contributed by atoms with Gasteiger partial charge in [-0.3, -0.25) is 0 Å². The van der Waals surface area contributed by atoms with Gasteiger partial charge in [0.15, 0.2) is 0 Å². The molecule has 0 aliphatic rings. The molecule has 0 atom stereocenters. The molecule has 0 radical (unpaired) electrons. The monoisotopic (exact) mass is 225 g/mol. The maximum atomic E-state index is 10.7. The first kappa shape index (κ1) is 12.0. The number of pyridine rings is 1. The SMILES string of the molecule is CCCCSCc1ccnc(C(=O)O)c1. The number of hydrogen-bond donors (Lipinski definition) is 1. The highest BCUT2D eigenvalue weighted by Crippen LogP contribution is 2.14. The molecular weight excluding hydrogens is 210 g/mol. The van der Waals surface area contributed by atoms with Gasteiger partial charge < -0.3 is 5.11 Å². The minimum Gasteiger partial charge on any atom is -0.477 e. The molecule has 1 heterocycles. The Kier molecular flexibility index (Phi) is 5.18. The molecule has 15 heavy (non-hydrogen) atoms. The zero-order chi connectivity index (χ0) is 11.1. The fourth-order valence-electron chi connectivity index (χ4n) is 1.12. The number of hydrogen-bond acceptors (Lipinski definition) is 3. The number of unbranched alkanes of at least 4 members (excludes halogenated alkanes) is 1. The van der Waals surface area contributed by atoms with Gasteiger partial charge in [0.05, 0.1) is 0 Å². The van der Waals surface area contributed by atoms with E-state index in [1.54, 1.807) is 12.3 Å². The molecule has 0 fully saturated rings. The van der Waals surface area contributed by atoms with Gasteiger partial charge in [-0.2, -0.15) is 11.8 Å². The number of carboxylic acids is 1. The first-order chi connectivity index (χ1) is 7.24. The fourth-order valence-corrected chi connectivity index (χ4v) is 2.17. The predicted octanol–water partition coefficient (Wildman–Crippen LogP) is 2.81. The number of carbonyl (C=O) groups is 1. The van der Waals surface area contributed by atoms with Crippen LogP contribution in [0.25, 0.3) is 0 Å². The van der Waals surface area contributed by atoms with E-state index in [1.807, 2.05) is 17.8 Å². The molecule has 0 bridgehead atoms. The molecular formula is C11H15NO2S. The predicted molar refractivity (Wildman–Crippen MR) is 62.3 cm³/mol. The van der Waals surface area contributed by atoms with Crippen LogP contribution in [0.2, 0.25) is 0 Å². The summed E-state index contributed by atoms with van der Waals surface area (Å²) in [6.45, 7) is 2.16. The third kappa shape index (κ3) is 4.34. The van der Waals surface area contributed by atoms with Gasteiger partial charge in [-0.25, -0.2) is 9.78 Å². The summed E-state index contributed by atoms with van der Waals surface area (Å²) in [6, 6.07) is 3.51. The Labute approximate surface area is 93.9 Å². The van der Waals surface area contributed by atoms with Gasteiger partial charge >= 0.3 is 5.97 Å². The van der Waals surface area contributed by atoms with Crippen LogP contribution in [-0.2, 0) is 5.75 Å². The lowest BCUT2D eigenvalue weighted by molar-refractivity contribution is 0.0690. The molecule has 0 aromatic carbocycles. The van der Waals surface area contributed by atoms with Gasteiger partial charge in [-0.1, -0.05) is 13.3 Å². The Morgan fingerprint density at radius 1 is 1.60 bits per heavy atom. The second-order valence-electron chi connectivity index (χ2n) is 3.26. The van der Waals surface area contributed by atoms with E-state index >= 15 is 0 Å². The minimum absolute atomic E-state index is 0.128. The third-order valence-electron chi connectivity index (χ3n) is 1.95. The third-order valence-corrected chi connectivity index (χ3v) is 3.07. The van der Waals surface area contributed by atoms with Crippen molar-refractivity contribution in [2.24, 2.45) is 0 Å². The molecule has 0 saturated heterocycles. The van der Waals surface area contributed by atoms with Crippen molar-refractivity contribution in [1.82, 2.24) is 4.98 Å². The van der Waals surface area contributed by atoms with E-state index < -0.39 is 5.97 Å². The molecule has 4 heteroatoms. The summed E-state index contributed by atoms with van der Waals surface area (Å²) in [4.78, 5) is 14.4. The van der Waals surface area contributed by atoms with Crippen LogP contribution in [0.3, 0.4) is 0 Å². The number of rotatable bonds is 6. The summed E-state index contributed by atoms with van der Waals surface area (Å²) < 4.78 is 0.